The average molecular weight is 270 g/mol. The van der Waals surface area contributed by atoms with Gasteiger partial charge >= 0.3 is 12.0 Å². The second-order valence-electron chi connectivity index (χ2n) is 3.82. The summed E-state index contributed by atoms with van der Waals surface area (Å²) in [5.74, 6) is 0.874. The molecular weight excluding hydrogens is 256 g/mol. The van der Waals surface area contributed by atoms with Gasteiger partial charge in [0, 0.05) is 30.4 Å². The summed E-state index contributed by atoms with van der Waals surface area (Å²) < 4.78 is 0. The maximum absolute atomic E-state index is 11.9. The predicted octanol–water partition coefficient (Wildman–Crippen LogP) is 0.121. The van der Waals surface area contributed by atoms with E-state index in [4.69, 9.17) is 5.11 Å². The summed E-state index contributed by atoms with van der Waals surface area (Å²) in [6, 6.07) is -1.11. The van der Waals surface area contributed by atoms with E-state index < -0.39 is 12.0 Å². The van der Waals surface area contributed by atoms with Crippen molar-refractivity contribution in [2.45, 2.75) is 12.6 Å². The molecule has 1 aliphatic rings. The first kappa shape index (κ1) is 12.7. The number of thioether (sulfide) groups is 1. The summed E-state index contributed by atoms with van der Waals surface area (Å²) in [5, 5.41) is 11.7. The molecule has 7 nitrogen and oxygen atoms in total. The molecule has 8 heteroatoms. The Labute approximate surface area is 108 Å². The number of aromatic amines is 1. The molecule has 3 N–H and O–H groups in total. The normalized spacial score (nSPS) is 19.6. The minimum atomic E-state index is -0.963. The monoisotopic (exact) mass is 270 g/mol. The van der Waals surface area contributed by atoms with Gasteiger partial charge in [0.25, 0.3) is 0 Å². The lowest BCUT2D eigenvalue weighted by Gasteiger charge is -2.32. The van der Waals surface area contributed by atoms with Gasteiger partial charge in [-0.1, -0.05) is 0 Å². The lowest BCUT2D eigenvalue weighted by molar-refractivity contribution is -0.141. The van der Waals surface area contributed by atoms with Crippen LogP contribution in [0.4, 0.5) is 4.79 Å². The summed E-state index contributed by atoms with van der Waals surface area (Å²) in [4.78, 5) is 31.2. The van der Waals surface area contributed by atoms with Gasteiger partial charge in [0.2, 0.25) is 0 Å². The number of aliphatic carboxylic acids is 1. The largest absolute Gasteiger partial charge is 0.480 e. The third kappa shape index (κ3) is 2.95. The molecule has 18 heavy (non-hydrogen) atoms. The van der Waals surface area contributed by atoms with Gasteiger partial charge in [-0.2, -0.15) is 11.8 Å². The van der Waals surface area contributed by atoms with E-state index in [2.05, 4.69) is 15.3 Å². The number of nitrogens with one attached hydrogen (secondary N) is 2. The van der Waals surface area contributed by atoms with Crippen molar-refractivity contribution in [1.82, 2.24) is 20.2 Å². The smallest absolute Gasteiger partial charge is 0.327 e. The number of aromatic nitrogens is 2. The number of H-pyrrole nitrogens is 1. The molecule has 1 atom stereocenters. The molecule has 0 saturated carbocycles. The highest BCUT2D eigenvalue weighted by atomic mass is 32.2. The van der Waals surface area contributed by atoms with Gasteiger partial charge in [-0.25, -0.2) is 14.6 Å². The Morgan fingerprint density at radius 2 is 2.50 bits per heavy atom. The highest BCUT2D eigenvalue weighted by molar-refractivity contribution is 7.99. The second kappa shape index (κ2) is 5.76. The van der Waals surface area contributed by atoms with Crippen molar-refractivity contribution in [1.29, 1.82) is 0 Å². The van der Waals surface area contributed by atoms with Crippen LogP contribution in [0, 0.1) is 0 Å². The van der Waals surface area contributed by atoms with E-state index in [-0.39, 0.29) is 12.6 Å². The minimum absolute atomic E-state index is 0.266. The molecule has 2 rings (SSSR count). The molecule has 1 aliphatic heterocycles. The van der Waals surface area contributed by atoms with Crippen molar-refractivity contribution in [2.24, 2.45) is 0 Å². The molecule has 1 unspecified atom stereocenters. The van der Waals surface area contributed by atoms with Crippen molar-refractivity contribution in [2.75, 3.05) is 18.1 Å². The molecule has 0 radical (unpaired) electrons. The van der Waals surface area contributed by atoms with Crippen molar-refractivity contribution >= 4 is 23.8 Å². The maximum atomic E-state index is 11.9. The summed E-state index contributed by atoms with van der Waals surface area (Å²) in [6.07, 6.45) is 3.26. The lowest BCUT2D eigenvalue weighted by atomic mass is 10.3. The molecule has 2 heterocycles. The summed E-state index contributed by atoms with van der Waals surface area (Å²) in [5.41, 5.74) is 0. The summed E-state index contributed by atoms with van der Waals surface area (Å²) >= 11 is 1.55. The maximum Gasteiger partial charge on any atom is 0.327 e. The van der Waals surface area contributed by atoms with E-state index in [1.54, 1.807) is 24.2 Å². The molecule has 98 valence electrons. The van der Waals surface area contributed by atoms with Gasteiger partial charge in [0.1, 0.15) is 11.9 Å². The van der Waals surface area contributed by atoms with E-state index >= 15 is 0 Å². The number of carbonyl (C=O) groups excluding carboxylic acids is 1. The van der Waals surface area contributed by atoms with Crippen molar-refractivity contribution in [3.8, 4) is 0 Å². The van der Waals surface area contributed by atoms with Crippen LogP contribution in [-0.2, 0) is 11.3 Å². The van der Waals surface area contributed by atoms with Crippen LogP contribution in [-0.4, -0.2) is 56.1 Å². The summed E-state index contributed by atoms with van der Waals surface area (Å²) in [6.45, 7) is 0.716. The number of urea groups is 1. The number of amides is 2. The Hall–Kier alpha value is -1.70. The molecule has 0 aliphatic carbocycles. The van der Waals surface area contributed by atoms with Gasteiger partial charge in [-0.15, -0.1) is 0 Å². The predicted molar refractivity (Wildman–Crippen MR) is 66.3 cm³/mol. The molecule has 1 saturated heterocycles. The number of rotatable bonds is 3. The number of nitrogens with zero attached hydrogens (tertiary/aromatic N) is 2. The number of hydrogen-bond donors (Lipinski definition) is 3. The van der Waals surface area contributed by atoms with E-state index in [1.165, 1.54) is 4.90 Å². The third-order valence-electron chi connectivity index (χ3n) is 2.64. The van der Waals surface area contributed by atoms with Crippen molar-refractivity contribution < 1.29 is 14.7 Å². The van der Waals surface area contributed by atoms with Crippen LogP contribution < -0.4 is 5.32 Å². The van der Waals surface area contributed by atoms with Crippen LogP contribution >= 0.6 is 11.8 Å². The first-order valence-electron chi connectivity index (χ1n) is 5.52. The topological polar surface area (TPSA) is 98.3 Å². The molecule has 0 bridgehead atoms. The van der Waals surface area contributed by atoms with E-state index in [1.807, 2.05) is 0 Å². The zero-order valence-electron chi connectivity index (χ0n) is 9.63. The fourth-order valence-electron chi connectivity index (χ4n) is 1.71. The van der Waals surface area contributed by atoms with Crippen LogP contribution in [0.25, 0.3) is 0 Å². The Bertz CT molecular complexity index is 423. The number of hydrogen-bond acceptors (Lipinski definition) is 4. The number of imidazole rings is 1. The lowest BCUT2D eigenvalue weighted by Crippen LogP contribution is -2.53. The third-order valence-corrected chi connectivity index (χ3v) is 3.66. The van der Waals surface area contributed by atoms with E-state index in [0.29, 0.717) is 18.1 Å². The number of carboxylic acids is 1. The minimum Gasteiger partial charge on any atom is -0.480 e. The van der Waals surface area contributed by atoms with Gasteiger partial charge in [-0.05, 0) is 0 Å². The van der Waals surface area contributed by atoms with Gasteiger partial charge in [0.15, 0.2) is 0 Å². The standard InChI is InChI=1S/C10H14N4O3S/c15-9(16)7-6-18-4-3-14(7)10(17)13-5-8-11-1-2-12-8/h1-2,7H,3-6H2,(H,11,12)(H,13,17)(H,15,16). The highest BCUT2D eigenvalue weighted by Gasteiger charge is 2.32. The molecule has 1 fully saturated rings. The Kier molecular flexibility index (Phi) is 4.08. The van der Waals surface area contributed by atoms with Gasteiger partial charge in [0.05, 0.1) is 6.54 Å². The van der Waals surface area contributed by atoms with Crippen LogP contribution in [0.3, 0.4) is 0 Å². The number of carbonyl (C=O) groups is 2. The van der Waals surface area contributed by atoms with Crippen molar-refractivity contribution in [3.05, 3.63) is 18.2 Å². The summed E-state index contributed by atoms with van der Waals surface area (Å²) in [7, 11) is 0. The Morgan fingerprint density at radius 1 is 1.67 bits per heavy atom. The van der Waals surface area contributed by atoms with Crippen LogP contribution in [0.2, 0.25) is 0 Å². The molecule has 1 aromatic rings. The first-order chi connectivity index (χ1) is 8.68. The number of carboxylic acid groups (broad SMARTS) is 1. The van der Waals surface area contributed by atoms with E-state index in [9.17, 15) is 9.59 Å². The molecule has 0 spiro atoms. The van der Waals surface area contributed by atoms with Crippen LogP contribution in [0.15, 0.2) is 12.4 Å². The second-order valence-corrected chi connectivity index (χ2v) is 4.97. The van der Waals surface area contributed by atoms with Crippen LogP contribution in [0.5, 0.6) is 0 Å². The Morgan fingerprint density at radius 3 is 3.17 bits per heavy atom. The average Bonchev–Trinajstić information content (AvgIpc) is 2.89. The van der Waals surface area contributed by atoms with Crippen LogP contribution in [0.1, 0.15) is 5.82 Å². The zero-order chi connectivity index (χ0) is 13.0. The van der Waals surface area contributed by atoms with Gasteiger partial charge in [-0.3, -0.25) is 0 Å². The fourth-order valence-corrected chi connectivity index (χ4v) is 2.75. The van der Waals surface area contributed by atoms with Crippen molar-refractivity contribution in [3.63, 3.8) is 0 Å². The molecule has 1 aromatic heterocycles. The fraction of sp³-hybridized carbons (Fsp3) is 0.500. The molecule has 0 aromatic carbocycles. The Balaban J connectivity index is 1.92. The van der Waals surface area contributed by atoms with Gasteiger partial charge < -0.3 is 20.3 Å². The quantitative estimate of drug-likeness (QED) is 0.724. The SMILES string of the molecule is O=C(O)C1CSCCN1C(=O)NCc1ncc[nH]1. The first-order valence-corrected chi connectivity index (χ1v) is 6.67. The molecular formula is C10H14N4O3S. The zero-order valence-corrected chi connectivity index (χ0v) is 10.4. The molecule has 2 amide bonds. The highest BCUT2D eigenvalue weighted by Crippen LogP contribution is 2.16. The van der Waals surface area contributed by atoms with E-state index in [0.717, 1.165) is 5.75 Å².